The van der Waals surface area contributed by atoms with Crippen molar-refractivity contribution < 1.29 is 9.47 Å². The molecule has 1 aromatic carbocycles. The van der Waals surface area contributed by atoms with Crippen LogP contribution in [0.3, 0.4) is 0 Å². The second-order valence-corrected chi connectivity index (χ2v) is 4.63. The number of hydrogen-bond acceptors (Lipinski definition) is 6. The number of nitrogens with zero attached hydrogens (tertiary/aromatic N) is 2. The van der Waals surface area contributed by atoms with Gasteiger partial charge in [0.15, 0.2) is 11.5 Å². The van der Waals surface area contributed by atoms with Crippen LogP contribution in [0, 0.1) is 0 Å². The molecular weight excluding hydrogens is 250 g/mol. The van der Waals surface area contributed by atoms with E-state index in [2.05, 4.69) is 14.9 Å². The molecule has 1 N–H and O–H groups in total. The number of para-hydroxylation sites is 2. The van der Waals surface area contributed by atoms with Gasteiger partial charge in [-0.15, -0.1) is 5.10 Å². The molecule has 5 nitrogen and oxygen atoms in total. The van der Waals surface area contributed by atoms with Crippen LogP contribution in [0.25, 0.3) is 0 Å². The third-order valence-electron chi connectivity index (χ3n) is 2.65. The van der Waals surface area contributed by atoms with E-state index >= 15 is 0 Å². The molecule has 3 rings (SSSR count). The standard InChI is InChI=1S/C12H13N3O2S/c1-2-4-12-11(3-1)16-7-10(17-12)6-13-5-9-8-18-15-14-9/h1-4,8,10,13H,5-7H2. The number of hydrogen-bond donors (Lipinski definition) is 1. The van der Waals surface area contributed by atoms with Crippen LogP contribution in [0.5, 0.6) is 11.5 Å². The first-order valence-corrected chi connectivity index (χ1v) is 6.60. The molecule has 2 heterocycles. The summed E-state index contributed by atoms with van der Waals surface area (Å²) in [5.74, 6) is 1.63. The van der Waals surface area contributed by atoms with Crippen molar-refractivity contribution in [3.63, 3.8) is 0 Å². The highest BCUT2D eigenvalue weighted by molar-refractivity contribution is 7.03. The monoisotopic (exact) mass is 263 g/mol. The number of aromatic nitrogens is 2. The molecule has 0 fully saturated rings. The Morgan fingerprint density at radius 3 is 3.06 bits per heavy atom. The molecular formula is C12H13N3O2S. The molecule has 0 radical (unpaired) electrons. The van der Waals surface area contributed by atoms with E-state index in [1.807, 2.05) is 29.6 Å². The van der Waals surface area contributed by atoms with E-state index in [1.165, 1.54) is 11.5 Å². The van der Waals surface area contributed by atoms with E-state index in [0.29, 0.717) is 13.2 Å². The van der Waals surface area contributed by atoms with E-state index in [1.54, 1.807) is 0 Å². The molecule has 1 aliphatic rings. The summed E-state index contributed by atoms with van der Waals surface area (Å²) in [5, 5.41) is 9.19. The first-order chi connectivity index (χ1) is 8.92. The van der Waals surface area contributed by atoms with Gasteiger partial charge >= 0.3 is 0 Å². The third kappa shape index (κ3) is 2.60. The number of ether oxygens (including phenoxy) is 2. The molecule has 0 bridgehead atoms. The predicted molar refractivity (Wildman–Crippen MR) is 68.0 cm³/mol. The fourth-order valence-electron chi connectivity index (χ4n) is 1.79. The van der Waals surface area contributed by atoms with Crippen LogP contribution in [-0.2, 0) is 6.54 Å². The summed E-state index contributed by atoms with van der Waals surface area (Å²) < 4.78 is 15.3. The summed E-state index contributed by atoms with van der Waals surface area (Å²) in [6, 6.07) is 7.72. The van der Waals surface area contributed by atoms with Gasteiger partial charge in [-0.3, -0.25) is 0 Å². The Hall–Kier alpha value is -1.66. The second-order valence-electron chi connectivity index (χ2n) is 4.02. The number of benzene rings is 1. The molecule has 0 saturated carbocycles. The van der Waals surface area contributed by atoms with E-state index < -0.39 is 0 Å². The highest BCUT2D eigenvalue weighted by atomic mass is 32.1. The summed E-state index contributed by atoms with van der Waals surface area (Å²) in [6.45, 7) is 2.00. The summed E-state index contributed by atoms with van der Waals surface area (Å²) in [4.78, 5) is 0. The van der Waals surface area contributed by atoms with Crippen molar-refractivity contribution in [2.45, 2.75) is 12.6 Å². The van der Waals surface area contributed by atoms with Gasteiger partial charge in [0.1, 0.15) is 12.7 Å². The van der Waals surface area contributed by atoms with E-state index in [9.17, 15) is 0 Å². The summed E-state index contributed by atoms with van der Waals surface area (Å²) in [7, 11) is 0. The highest BCUT2D eigenvalue weighted by Crippen LogP contribution is 2.30. The molecule has 94 valence electrons. The van der Waals surface area contributed by atoms with Gasteiger partial charge in [0.05, 0.1) is 5.69 Å². The van der Waals surface area contributed by atoms with Crippen molar-refractivity contribution >= 4 is 11.5 Å². The topological polar surface area (TPSA) is 56.3 Å². The Bertz CT molecular complexity index is 504. The molecule has 0 aliphatic carbocycles. The Morgan fingerprint density at radius 1 is 1.33 bits per heavy atom. The molecule has 1 aromatic heterocycles. The summed E-state index contributed by atoms with van der Waals surface area (Å²) in [5.41, 5.74) is 0.956. The van der Waals surface area contributed by atoms with Crippen molar-refractivity contribution in [3.05, 3.63) is 35.3 Å². The molecule has 0 saturated heterocycles. The normalized spacial score (nSPS) is 17.7. The van der Waals surface area contributed by atoms with Crippen molar-refractivity contribution in [3.8, 4) is 11.5 Å². The number of nitrogens with one attached hydrogen (secondary N) is 1. The van der Waals surface area contributed by atoms with Crippen LogP contribution >= 0.6 is 11.5 Å². The molecule has 1 atom stereocenters. The van der Waals surface area contributed by atoms with Gasteiger partial charge < -0.3 is 14.8 Å². The van der Waals surface area contributed by atoms with Crippen LogP contribution < -0.4 is 14.8 Å². The smallest absolute Gasteiger partial charge is 0.161 e. The Balaban J connectivity index is 1.51. The van der Waals surface area contributed by atoms with Crippen LogP contribution in [0.1, 0.15) is 5.69 Å². The molecule has 0 amide bonds. The highest BCUT2D eigenvalue weighted by Gasteiger charge is 2.19. The molecule has 2 aromatic rings. The lowest BCUT2D eigenvalue weighted by Crippen LogP contribution is -2.38. The van der Waals surface area contributed by atoms with Crippen LogP contribution in [-0.4, -0.2) is 28.8 Å². The fraction of sp³-hybridized carbons (Fsp3) is 0.333. The zero-order valence-electron chi connectivity index (χ0n) is 9.70. The summed E-state index contributed by atoms with van der Waals surface area (Å²) >= 11 is 1.36. The van der Waals surface area contributed by atoms with Gasteiger partial charge in [-0.2, -0.15) is 0 Å². The zero-order valence-corrected chi connectivity index (χ0v) is 10.5. The van der Waals surface area contributed by atoms with Gasteiger partial charge in [-0.25, -0.2) is 0 Å². The van der Waals surface area contributed by atoms with Crippen molar-refractivity contribution in [2.75, 3.05) is 13.2 Å². The van der Waals surface area contributed by atoms with Gasteiger partial charge in [0.25, 0.3) is 0 Å². The van der Waals surface area contributed by atoms with Crippen LogP contribution in [0.15, 0.2) is 29.6 Å². The first-order valence-electron chi connectivity index (χ1n) is 5.77. The van der Waals surface area contributed by atoms with E-state index in [4.69, 9.17) is 9.47 Å². The Morgan fingerprint density at radius 2 is 2.22 bits per heavy atom. The van der Waals surface area contributed by atoms with Gasteiger partial charge in [-0.05, 0) is 23.7 Å². The minimum absolute atomic E-state index is 0.0338. The average molecular weight is 263 g/mol. The van der Waals surface area contributed by atoms with Crippen molar-refractivity contribution in [1.82, 2.24) is 14.9 Å². The molecule has 18 heavy (non-hydrogen) atoms. The van der Waals surface area contributed by atoms with E-state index in [0.717, 1.165) is 23.7 Å². The Kier molecular flexibility index (Phi) is 3.38. The van der Waals surface area contributed by atoms with Crippen LogP contribution in [0.4, 0.5) is 0 Å². The average Bonchev–Trinajstić information content (AvgIpc) is 2.92. The lowest BCUT2D eigenvalue weighted by atomic mass is 10.2. The first kappa shape index (κ1) is 11.4. The number of rotatable bonds is 4. The van der Waals surface area contributed by atoms with Crippen molar-refractivity contribution in [1.29, 1.82) is 0 Å². The van der Waals surface area contributed by atoms with Crippen LogP contribution in [0.2, 0.25) is 0 Å². The maximum atomic E-state index is 5.83. The van der Waals surface area contributed by atoms with Gasteiger partial charge in [0, 0.05) is 18.5 Å². The SMILES string of the molecule is c1ccc2c(c1)OCC(CNCc1csnn1)O2. The molecule has 1 aliphatic heterocycles. The predicted octanol–water partition coefficient (Wildman–Crippen LogP) is 1.47. The fourth-order valence-corrected chi connectivity index (χ4v) is 2.24. The van der Waals surface area contributed by atoms with Crippen molar-refractivity contribution in [2.24, 2.45) is 0 Å². The third-order valence-corrected chi connectivity index (χ3v) is 3.20. The largest absolute Gasteiger partial charge is 0.486 e. The van der Waals surface area contributed by atoms with E-state index in [-0.39, 0.29) is 6.10 Å². The molecule has 0 spiro atoms. The minimum Gasteiger partial charge on any atom is -0.486 e. The van der Waals surface area contributed by atoms with Gasteiger partial charge in [0.2, 0.25) is 0 Å². The van der Waals surface area contributed by atoms with Gasteiger partial charge in [-0.1, -0.05) is 16.6 Å². The lowest BCUT2D eigenvalue weighted by Gasteiger charge is -2.26. The maximum Gasteiger partial charge on any atom is 0.161 e. The maximum absolute atomic E-state index is 5.83. The minimum atomic E-state index is 0.0338. The Labute approximate surface area is 109 Å². The lowest BCUT2D eigenvalue weighted by molar-refractivity contribution is 0.0901. The zero-order chi connectivity index (χ0) is 12.2. The molecule has 1 unspecified atom stereocenters. The number of fused-ring (bicyclic) bond motifs is 1. The summed E-state index contributed by atoms with van der Waals surface area (Å²) in [6.07, 6.45) is 0.0338. The second kappa shape index (κ2) is 5.32. The quantitative estimate of drug-likeness (QED) is 0.905. The molecule has 6 heteroatoms.